The Morgan fingerprint density at radius 1 is 1.39 bits per heavy atom. The van der Waals surface area contributed by atoms with Crippen molar-refractivity contribution in [3.8, 4) is 5.75 Å². The summed E-state index contributed by atoms with van der Waals surface area (Å²) in [7, 11) is 0. The highest BCUT2D eigenvalue weighted by atomic mass is 32.2. The van der Waals surface area contributed by atoms with Gasteiger partial charge in [0.15, 0.2) is 0 Å². The first kappa shape index (κ1) is 12.8. The molecule has 1 atom stereocenters. The number of esters is 1. The average Bonchev–Trinajstić information content (AvgIpc) is 2.38. The molecule has 1 aromatic rings. The summed E-state index contributed by atoms with van der Waals surface area (Å²) in [4.78, 5) is 11.8. The summed E-state index contributed by atoms with van der Waals surface area (Å²) in [6.45, 7) is 2.27. The van der Waals surface area contributed by atoms with Crippen LogP contribution in [-0.2, 0) is 4.74 Å². The smallest absolute Gasteiger partial charge is 0.341 e. The molecule has 0 aliphatic carbocycles. The minimum atomic E-state index is -0.502. The van der Waals surface area contributed by atoms with Crippen molar-refractivity contribution in [2.75, 3.05) is 6.61 Å². The molecule has 1 unspecified atom stereocenters. The topological polar surface area (TPSA) is 46.5 Å². The van der Waals surface area contributed by atoms with Gasteiger partial charge in [-0.15, -0.1) is 11.8 Å². The van der Waals surface area contributed by atoms with Crippen molar-refractivity contribution in [2.24, 2.45) is 0 Å². The lowest BCUT2D eigenvalue weighted by Gasteiger charge is -2.24. The van der Waals surface area contributed by atoms with Crippen LogP contribution in [0.3, 0.4) is 0 Å². The van der Waals surface area contributed by atoms with E-state index < -0.39 is 5.97 Å². The number of thioether (sulfide) groups is 1. The van der Waals surface area contributed by atoms with Gasteiger partial charge in [0.25, 0.3) is 0 Å². The molecular weight excluding hydrogens is 248 g/mol. The van der Waals surface area contributed by atoms with Gasteiger partial charge < -0.3 is 9.84 Å². The monoisotopic (exact) mass is 262 g/mol. The Morgan fingerprint density at radius 3 is 2.83 bits per heavy atom. The second kappa shape index (κ2) is 5.31. The first-order valence-electron chi connectivity index (χ1n) is 5.58. The average molecular weight is 262 g/mol. The molecule has 0 radical (unpaired) electrons. The Bertz CT molecular complexity index is 508. The minimum absolute atomic E-state index is 0.0561. The normalized spacial score (nSPS) is 21.8. The van der Waals surface area contributed by atoms with Gasteiger partial charge >= 0.3 is 5.97 Å². The summed E-state index contributed by atoms with van der Waals surface area (Å²) in [5.74, 6) is -0.558. The van der Waals surface area contributed by atoms with Crippen LogP contribution in [0.5, 0.6) is 5.75 Å². The van der Waals surface area contributed by atoms with E-state index in [-0.39, 0.29) is 22.7 Å². The standard InChI is InChI=1S/C14H14O3S/c1-14(8-4-5-9-18-14)10-17-13(16)11-6-2-3-7-12(11)15/h2-9,15H,10H2,1H3. The molecule has 0 aromatic heterocycles. The van der Waals surface area contributed by atoms with E-state index in [1.807, 2.05) is 30.6 Å². The summed E-state index contributed by atoms with van der Waals surface area (Å²) in [5.41, 5.74) is 0.196. The molecule has 2 rings (SSSR count). The number of hydrogen-bond acceptors (Lipinski definition) is 4. The highest BCUT2D eigenvalue weighted by Crippen LogP contribution is 2.31. The Hall–Kier alpha value is -1.68. The first-order chi connectivity index (χ1) is 8.61. The minimum Gasteiger partial charge on any atom is -0.507 e. The maximum atomic E-state index is 11.8. The number of phenolic OH excluding ortho intramolecular Hbond substituents is 1. The lowest BCUT2D eigenvalue weighted by atomic mass is 10.1. The van der Waals surface area contributed by atoms with E-state index in [1.54, 1.807) is 30.0 Å². The number of carbonyl (C=O) groups is 1. The van der Waals surface area contributed by atoms with Crippen LogP contribution in [0.25, 0.3) is 0 Å². The third-order valence-electron chi connectivity index (χ3n) is 2.59. The van der Waals surface area contributed by atoms with Crippen LogP contribution in [0.15, 0.2) is 47.9 Å². The Morgan fingerprint density at radius 2 is 2.17 bits per heavy atom. The molecular formula is C14H14O3S. The van der Waals surface area contributed by atoms with Gasteiger partial charge in [-0.3, -0.25) is 0 Å². The van der Waals surface area contributed by atoms with E-state index in [9.17, 15) is 9.90 Å². The molecule has 1 N–H and O–H groups in total. The van der Waals surface area contributed by atoms with Crippen molar-refractivity contribution in [3.05, 3.63) is 53.5 Å². The van der Waals surface area contributed by atoms with E-state index in [2.05, 4.69) is 0 Å². The molecule has 1 aliphatic heterocycles. The van der Waals surface area contributed by atoms with Gasteiger partial charge in [-0.2, -0.15) is 0 Å². The second-order valence-electron chi connectivity index (χ2n) is 4.21. The highest BCUT2D eigenvalue weighted by molar-refractivity contribution is 8.03. The Kier molecular flexibility index (Phi) is 3.77. The van der Waals surface area contributed by atoms with Gasteiger partial charge in [-0.1, -0.05) is 30.4 Å². The maximum absolute atomic E-state index is 11.8. The van der Waals surface area contributed by atoms with E-state index in [0.29, 0.717) is 0 Å². The van der Waals surface area contributed by atoms with Crippen molar-refractivity contribution < 1.29 is 14.6 Å². The van der Waals surface area contributed by atoms with Crippen LogP contribution >= 0.6 is 11.8 Å². The zero-order valence-corrected chi connectivity index (χ0v) is 10.8. The second-order valence-corrected chi connectivity index (χ2v) is 5.65. The van der Waals surface area contributed by atoms with Crippen LogP contribution in [0.1, 0.15) is 17.3 Å². The number of carbonyl (C=O) groups excluding carboxylic acids is 1. The van der Waals surface area contributed by atoms with Gasteiger partial charge in [-0.25, -0.2) is 4.79 Å². The van der Waals surface area contributed by atoms with Crippen LogP contribution in [0, 0.1) is 0 Å². The van der Waals surface area contributed by atoms with Crippen molar-refractivity contribution in [2.45, 2.75) is 11.7 Å². The summed E-state index contributed by atoms with van der Waals surface area (Å²) in [6.07, 6.45) is 5.87. The maximum Gasteiger partial charge on any atom is 0.341 e. The SMILES string of the molecule is CC1(COC(=O)c2ccccc2O)C=CC=CS1. The van der Waals surface area contributed by atoms with E-state index in [0.717, 1.165) is 0 Å². The van der Waals surface area contributed by atoms with Crippen LogP contribution in [0.2, 0.25) is 0 Å². The third-order valence-corrected chi connectivity index (χ3v) is 3.68. The molecule has 1 aromatic carbocycles. The molecule has 1 heterocycles. The Labute approximate surface area is 110 Å². The number of allylic oxidation sites excluding steroid dienone is 2. The fraction of sp³-hybridized carbons (Fsp3) is 0.214. The largest absolute Gasteiger partial charge is 0.507 e. The predicted molar refractivity (Wildman–Crippen MR) is 72.7 cm³/mol. The molecule has 0 bridgehead atoms. The number of hydrogen-bond donors (Lipinski definition) is 1. The number of para-hydroxylation sites is 1. The van der Waals surface area contributed by atoms with E-state index >= 15 is 0 Å². The van der Waals surface area contributed by atoms with Crippen molar-refractivity contribution in [1.29, 1.82) is 0 Å². The lowest BCUT2D eigenvalue weighted by molar-refractivity contribution is 0.0485. The van der Waals surface area contributed by atoms with Gasteiger partial charge in [0.1, 0.15) is 17.9 Å². The molecule has 0 spiro atoms. The molecule has 1 aliphatic rings. The zero-order valence-electron chi connectivity index (χ0n) is 10.00. The van der Waals surface area contributed by atoms with Gasteiger partial charge in [0, 0.05) is 0 Å². The van der Waals surface area contributed by atoms with E-state index in [4.69, 9.17) is 4.74 Å². The Balaban J connectivity index is 1.99. The van der Waals surface area contributed by atoms with Crippen LogP contribution in [0.4, 0.5) is 0 Å². The fourth-order valence-corrected chi connectivity index (χ4v) is 2.32. The zero-order chi connectivity index (χ0) is 13.0. The van der Waals surface area contributed by atoms with Gasteiger partial charge in [0.05, 0.1) is 4.75 Å². The van der Waals surface area contributed by atoms with Crippen LogP contribution < -0.4 is 0 Å². The van der Waals surface area contributed by atoms with Crippen molar-refractivity contribution >= 4 is 17.7 Å². The summed E-state index contributed by atoms with van der Waals surface area (Å²) < 4.78 is 5.01. The molecule has 4 heteroatoms. The summed E-state index contributed by atoms with van der Waals surface area (Å²) in [6, 6.07) is 6.37. The molecule has 94 valence electrons. The molecule has 3 nitrogen and oxygen atoms in total. The number of phenols is 1. The quantitative estimate of drug-likeness (QED) is 0.850. The molecule has 0 amide bonds. The lowest BCUT2D eigenvalue weighted by Crippen LogP contribution is -2.26. The molecule has 18 heavy (non-hydrogen) atoms. The summed E-state index contributed by atoms with van der Waals surface area (Å²) in [5, 5.41) is 11.5. The fourth-order valence-electron chi connectivity index (χ4n) is 1.55. The number of ether oxygens (including phenoxy) is 1. The number of rotatable bonds is 3. The third kappa shape index (κ3) is 2.96. The number of benzene rings is 1. The molecule has 0 saturated carbocycles. The van der Waals surface area contributed by atoms with Crippen molar-refractivity contribution in [1.82, 2.24) is 0 Å². The first-order valence-corrected chi connectivity index (χ1v) is 6.46. The summed E-state index contributed by atoms with van der Waals surface area (Å²) >= 11 is 1.60. The van der Waals surface area contributed by atoms with E-state index in [1.165, 1.54) is 6.07 Å². The molecule has 0 fully saturated rings. The molecule has 0 saturated heterocycles. The predicted octanol–water partition coefficient (Wildman–Crippen LogP) is 3.12. The van der Waals surface area contributed by atoms with Gasteiger partial charge in [0.2, 0.25) is 0 Å². The highest BCUT2D eigenvalue weighted by Gasteiger charge is 2.25. The number of aromatic hydroxyl groups is 1. The van der Waals surface area contributed by atoms with Gasteiger partial charge in [-0.05, 0) is 24.5 Å². The van der Waals surface area contributed by atoms with Crippen molar-refractivity contribution in [3.63, 3.8) is 0 Å². The van der Waals surface area contributed by atoms with Crippen LogP contribution in [-0.4, -0.2) is 22.4 Å².